The summed E-state index contributed by atoms with van der Waals surface area (Å²) in [5.41, 5.74) is 4.70. The molecule has 0 aliphatic rings. The van der Waals surface area contributed by atoms with Gasteiger partial charge in [0.15, 0.2) is 0 Å². The predicted octanol–water partition coefficient (Wildman–Crippen LogP) is -1.09. The van der Waals surface area contributed by atoms with Crippen LogP contribution in [-0.2, 0) is 4.79 Å². The van der Waals surface area contributed by atoms with Gasteiger partial charge in [0.1, 0.15) is 18.8 Å². The lowest BCUT2D eigenvalue weighted by molar-refractivity contribution is -0.123. The second-order valence-electron chi connectivity index (χ2n) is 1.93. The Labute approximate surface area is 68.6 Å². The molecule has 0 radical (unpaired) electrons. The average Bonchev–Trinajstić information content (AvgIpc) is 2.16. The van der Waals surface area contributed by atoms with Crippen molar-refractivity contribution in [2.45, 2.75) is 0 Å². The fourth-order valence-electron chi connectivity index (χ4n) is 0.538. The minimum absolute atomic E-state index is 0.465. The van der Waals surface area contributed by atoms with Gasteiger partial charge in [0.05, 0.1) is 0 Å². The Morgan fingerprint density at radius 3 is 3.08 bits per heavy atom. The molecule has 6 heteroatoms. The van der Waals surface area contributed by atoms with Crippen LogP contribution in [0.5, 0.6) is 0 Å². The Morgan fingerprint density at radius 1 is 1.67 bits per heavy atom. The van der Waals surface area contributed by atoms with E-state index in [1.807, 2.05) is 0 Å². The number of hydrogen-bond acceptors (Lipinski definition) is 5. The third-order valence-corrected chi connectivity index (χ3v) is 1.06. The predicted molar refractivity (Wildman–Crippen MR) is 40.9 cm³/mol. The number of hydrazine groups is 1. The van der Waals surface area contributed by atoms with Crippen molar-refractivity contribution < 1.29 is 9.90 Å². The molecule has 3 N–H and O–H groups in total. The van der Waals surface area contributed by atoms with Gasteiger partial charge in [0.25, 0.3) is 5.91 Å². The van der Waals surface area contributed by atoms with Crippen LogP contribution in [0.1, 0.15) is 0 Å². The summed E-state index contributed by atoms with van der Waals surface area (Å²) in [4.78, 5) is 18.0. The van der Waals surface area contributed by atoms with Crippen molar-refractivity contribution in [3.63, 3.8) is 0 Å². The fraction of sp³-hybridized carbons (Fsp3) is 0.167. The molecule has 0 atom stereocenters. The summed E-state index contributed by atoms with van der Waals surface area (Å²) in [6.45, 7) is -0.557. The van der Waals surface area contributed by atoms with Crippen molar-refractivity contribution >= 4 is 11.7 Å². The third kappa shape index (κ3) is 2.51. The van der Waals surface area contributed by atoms with E-state index in [0.717, 1.165) is 0 Å². The Kier molecular flexibility index (Phi) is 2.97. The third-order valence-electron chi connectivity index (χ3n) is 1.06. The van der Waals surface area contributed by atoms with Gasteiger partial charge in [-0.25, -0.2) is 9.97 Å². The van der Waals surface area contributed by atoms with Gasteiger partial charge >= 0.3 is 0 Å². The van der Waals surface area contributed by atoms with Gasteiger partial charge < -0.3 is 5.11 Å². The monoisotopic (exact) mass is 168 g/mol. The molecule has 0 aliphatic heterocycles. The molecule has 0 fully saturated rings. The summed E-state index contributed by atoms with van der Waals surface area (Å²) in [5.74, 6) is -0.0552. The zero-order valence-corrected chi connectivity index (χ0v) is 6.19. The van der Waals surface area contributed by atoms with Gasteiger partial charge in [0.2, 0.25) is 0 Å². The van der Waals surface area contributed by atoms with Crippen molar-refractivity contribution in [1.29, 1.82) is 0 Å². The van der Waals surface area contributed by atoms with E-state index in [1.165, 1.54) is 12.5 Å². The molecule has 0 spiro atoms. The van der Waals surface area contributed by atoms with Gasteiger partial charge in [-0.3, -0.25) is 15.6 Å². The smallest absolute Gasteiger partial charge is 0.264 e. The molecule has 1 rings (SSSR count). The second-order valence-corrected chi connectivity index (χ2v) is 1.93. The van der Waals surface area contributed by atoms with Gasteiger partial charge in [-0.15, -0.1) is 0 Å². The molecule has 1 amide bonds. The van der Waals surface area contributed by atoms with Crippen molar-refractivity contribution in [2.75, 3.05) is 12.0 Å². The van der Waals surface area contributed by atoms with Gasteiger partial charge in [-0.2, -0.15) is 0 Å². The molecular formula is C6H8N4O2. The number of rotatable bonds is 3. The number of aromatic nitrogens is 2. The number of anilines is 1. The topological polar surface area (TPSA) is 87.1 Å². The number of carbonyl (C=O) groups is 1. The van der Waals surface area contributed by atoms with Crippen molar-refractivity contribution in [2.24, 2.45) is 0 Å². The van der Waals surface area contributed by atoms with E-state index in [2.05, 4.69) is 20.8 Å². The van der Waals surface area contributed by atoms with Crippen LogP contribution in [0.2, 0.25) is 0 Å². The minimum atomic E-state index is -0.557. The first-order valence-electron chi connectivity index (χ1n) is 3.24. The van der Waals surface area contributed by atoms with Crippen LogP contribution in [0.15, 0.2) is 18.6 Å². The normalized spacial score (nSPS) is 9.08. The van der Waals surface area contributed by atoms with E-state index in [-0.39, 0.29) is 0 Å². The van der Waals surface area contributed by atoms with E-state index in [9.17, 15) is 4.79 Å². The molecule has 0 bridgehead atoms. The molecule has 0 saturated heterocycles. The summed E-state index contributed by atoms with van der Waals surface area (Å²) >= 11 is 0. The maximum atomic E-state index is 10.5. The SMILES string of the molecule is O=C(CO)NNc1ccncn1. The fourth-order valence-corrected chi connectivity index (χ4v) is 0.538. The molecule has 0 saturated carbocycles. The van der Waals surface area contributed by atoms with Gasteiger partial charge in [0, 0.05) is 12.3 Å². The van der Waals surface area contributed by atoms with Crippen LogP contribution in [0, 0.1) is 0 Å². The quantitative estimate of drug-likeness (QED) is 0.499. The maximum Gasteiger partial charge on any atom is 0.264 e. The number of hydrogen-bond donors (Lipinski definition) is 3. The maximum absolute atomic E-state index is 10.5. The molecule has 1 heterocycles. The van der Waals surface area contributed by atoms with Crippen LogP contribution >= 0.6 is 0 Å². The lowest BCUT2D eigenvalue weighted by Crippen LogP contribution is -2.31. The second kappa shape index (κ2) is 4.24. The van der Waals surface area contributed by atoms with E-state index < -0.39 is 12.5 Å². The highest BCUT2D eigenvalue weighted by Crippen LogP contribution is 1.93. The number of nitrogens with one attached hydrogen (secondary N) is 2. The van der Waals surface area contributed by atoms with Crippen molar-refractivity contribution in [1.82, 2.24) is 15.4 Å². The largest absolute Gasteiger partial charge is 0.386 e. The van der Waals surface area contributed by atoms with Crippen LogP contribution < -0.4 is 10.9 Å². The number of amides is 1. The summed E-state index contributed by atoms with van der Waals surface area (Å²) in [7, 11) is 0. The lowest BCUT2D eigenvalue weighted by atomic mass is 10.6. The molecule has 64 valence electrons. The Bertz CT molecular complexity index is 251. The Morgan fingerprint density at radius 2 is 2.50 bits per heavy atom. The van der Waals surface area contributed by atoms with E-state index in [4.69, 9.17) is 5.11 Å². The Balaban J connectivity index is 2.38. The summed E-state index contributed by atoms with van der Waals surface area (Å²) in [6.07, 6.45) is 2.87. The van der Waals surface area contributed by atoms with Crippen molar-refractivity contribution in [3.05, 3.63) is 18.6 Å². The van der Waals surface area contributed by atoms with Crippen LogP contribution in [0.3, 0.4) is 0 Å². The zero-order chi connectivity index (χ0) is 8.81. The van der Waals surface area contributed by atoms with Crippen molar-refractivity contribution in [3.8, 4) is 0 Å². The molecule has 1 aromatic rings. The molecular weight excluding hydrogens is 160 g/mol. The zero-order valence-electron chi connectivity index (χ0n) is 6.19. The Hall–Kier alpha value is -1.69. The number of aliphatic hydroxyl groups is 1. The highest BCUT2D eigenvalue weighted by Gasteiger charge is 1.95. The van der Waals surface area contributed by atoms with Crippen LogP contribution in [0.4, 0.5) is 5.82 Å². The summed E-state index contributed by atoms with van der Waals surface area (Å²) < 4.78 is 0. The number of carbonyl (C=O) groups excluding carboxylic acids is 1. The standard InChI is InChI=1S/C6H8N4O2/c11-3-6(12)10-9-5-1-2-7-4-8-5/h1-2,4,11H,3H2,(H,10,12)(H,7,8,9). The molecule has 12 heavy (non-hydrogen) atoms. The summed E-state index contributed by atoms with van der Waals surface area (Å²) in [5, 5.41) is 8.33. The van der Waals surface area contributed by atoms with Gasteiger partial charge in [-0.1, -0.05) is 0 Å². The lowest BCUT2D eigenvalue weighted by Gasteiger charge is -2.04. The first-order valence-corrected chi connectivity index (χ1v) is 3.24. The average molecular weight is 168 g/mol. The number of nitrogens with zero attached hydrogens (tertiary/aromatic N) is 2. The highest BCUT2D eigenvalue weighted by molar-refractivity contribution is 5.77. The van der Waals surface area contributed by atoms with Gasteiger partial charge in [-0.05, 0) is 0 Å². The van der Waals surface area contributed by atoms with E-state index >= 15 is 0 Å². The first kappa shape index (κ1) is 8.41. The van der Waals surface area contributed by atoms with E-state index in [0.29, 0.717) is 5.82 Å². The number of aliphatic hydroxyl groups excluding tert-OH is 1. The molecule has 1 aromatic heterocycles. The first-order chi connectivity index (χ1) is 5.83. The van der Waals surface area contributed by atoms with Crippen LogP contribution in [0.25, 0.3) is 0 Å². The highest BCUT2D eigenvalue weighted by atomic mass is 16.3. The molecule has 0 aromatic carbocycles. The minimum Gasteiger partial charge on any atom is -0.386 e. The molecule has 0 unspecified atom stereocenters. The van der Waals surface area contributed by atoms with Crippen LogP contribution in [-0.4, -0.2) is 27.6 Å². The summed E-state index contributed by atoms with van der Waals surface area (Å²) in [6, 6.07) is 1.58. The molecule has 0 aliphatic carbocycles. The van der Waals surface area contributed by atoms with E-state index in [1.54, 1.807) is 6.07 Å². The molecule has 6 nitrogen and oxygen atoms in total.